The topological polar surface area (TPSA) is 76.4 Å². The van der Waals surface area contributed by atoms with Crippen LogP contribution in [0.5, 0.6) is 5.75 Å². The van der Waals surface area contributed by atoms with Gasteiger partial charge in [0, 0.05) is 38.3 Å². The largest absolute Gasteiger partial charge is 0.486 e. The maximum atomic E-state index is 14.0. The van der Waals surface area contributed by atoms with Crippen LogP contribution in [-0.4, -0.2) is 57.2 Å². The third kappa shape index (κ3) is 4.24. The Morgan fingerprint density at radius 2 is 1.80 bits per heavy atom. The lowest BCUT2D eigenvalue weighted by atomic mass is 10.1. The number of para-hydroxylation sites is 1. The van der Waals surface area contributed by atoms with Crippen molar-refractivity contribution in [3.8, 4) is 5.75 Å². The lowest BCUT2D eigenvalue weighted by Crippen LogP contribution is -2.49. The first-order valence-electron chi connectivity index (χ1n) is 9.92. The summed E-state index contributed by atoms with van der Waals surface area (Å²) < 4.78 is 21.4. The molecule has 1 amide bonds. The van der Waals surface area contributed by atoms with Crippen LogP contribution in [0.4, 0.5) is 10.1 Å². The van der Waals surface area contributed by atoms with Crippen molar-refractivity contribution in [2.45, 2.75) is 20.1 Å². The number of carbonyl (C=O) groups excluding carboxylic acids is 1. The van der Waals surface area contributed by atoms with Crippen LogP contribution >= 0.6 is 0 Å². The molecule has 0 saturated carbocycles. The molecular weight excluding hydrogens is 387 g/mol. The summed E-state index contributed by atoms with van der Waals surface area (Å²) in [6.07, 6.45) is 0. The molecule has 0 spiro atoms. The van der Waals surface area contributed by atoms with E-state index in [4.69, 9.17) is 4.74 Å². The molecule has 156 valence electrons. The van der Waals surface area contributed by atoms with Crippen molar-refractivity contribution in [2.24, 2.45) is 0 Å². The third-order valence-electron chi connectivity index (χ3n) is 5.13. The van der Waals surface area contributed by atoms with Crippen molar-refractivity contribution < 1.29 is 13.9 Å². The number of aryl methyl sites for hydroxylation is 1. The summed E-state index contributed by atoms with van der Waals surface area (Å²) in [7, 11) is 0. The maximum absolute atomic E-state index is 14.0. The third-order valence-corrected chi connectivity index (χ3v) is 5.13. The SMILES string of the molecule is CCn1nnnc1COc1ccc(C(=O)N2CCN(c3ccccc3F)CC2)cc1. The number of tetrazole rings is 1. The van der Waals surface area contributed by atoms with Crippen LogP contribution in [0.3, 0.4) is 0 Å². The molecule has 9 heteroatoms. The molecule has 0 unspecified atom stereocenters. The number of hydrogen-bond donors (Lipinski definition) is 0. The van der Waals surface area contributed by atoms with Gasteiger partial charge in [0.15, 0.2) is 5.82 Å². The van der Waals surface area contributed by atoms with E-state index in [9.17, 15) is 9.18 Å². The van der Waals surface area contributed by atoms with Gasteiger partial charge in [-0.05, 0) is 53.7 Å². The lowest BCUT2D eigenvalue weighted by molar-refractivity contribution is 0.0746. The average molecular weight is 410 g/mol. The van der Waals surface area contributed by atoms with E-state index in [1.165, 1.54) is 6.07 Å². The van der Waals surface area contributed by atoms with Crippen LogP contribution in [0.2, 0.25) is 0 Å². The van der Waals surface area contributed by atoms with Gasteiger partial charge in [0.25, 0.3) is 5.91 Å². The highest BCUT2D eigenvalue weighted by Gasteiger charge is 2.23. The summed E-state index contributed by atoms with van der Waals surface area (Å²) >= 11 is 0. The van der Waals surface area contributed by atoms with Crippen LogP contribution in [0.25, 0.3) is 0 Å². The van der Waals surface area contributed by atoms with Crippen molar-refractivity contribution in [3.63, 3.8) is 0 Å². The molecule has 8 nitrogen and oxygen atoms in total. The summed E-state index contributed by atoms with van der Waals surface area (Å²) in [5, 5.41) is 11.4. The molecular formula is C21H23FN6O2. The zero-order chi connectivity index (χ0) is 20.9. The van der Waals surface area contributed by atoms with Crippen molar-refractivity contribution >= 4 is 11.6 Å². The summed E-state index contributed by atoms with van der Waals surface area (Å²) in [5.41, 5.74) is 1.18. The summed E-state index contributed by atoms with van der Waals surface area (Å²) in [6, 6.07) is 13.8. The smallest absolute Gasteiger partial charge is 0.253 e. The predicted octanol–water partition coefficient (Wildman–Crippen LogP) is 2.37. The molecule has 0 radical (unpaired) electrons. The first-order chi connectivity index (χ1) is 14.7. The molecule has 30 heavy (non-hydrogen) atoms. The molecule has 0 N–H and O–H groups in total. The summed E-state index contributed by atoms with van der Waals surface area (Å²) in [4.78, 5) is 16.6. The van der Waals surface area contributed by atoms with E-state index < -0.39 is 0 Å². The number of hydrogen-bond acceptors (Lipinski definition) is 6. The number of rotatable bonds is 6. The highest BCUT2D eigenvalue weighted by molar-refractivity contribution is 5.94. The van der Waals surface area contributed by atoms with Crippen molar-refractivity contribution in [2.75, 3.05) is 31.1 Å². The van der Waals surface area contributed by atoms with Crippen molar-refractivity contribution in [1.82, 2.24) is 25.1 Å². The Morgan fingerprint density at radius 1 is 1.07 bits per heavy atom. The molecule has 1 fully saturated rings. The zero-order valence-electron chi connectivity index (χ0n) is 16.7. The molecule has 2 aromatic carbocycles. The second-order valence-electron chi connectivity index (χ2n) is 6.95. The minimum Gasteiger partial charge on any atom is -0.486 e. The molecule has 4 rings (SSSR count). The van der Waals surface area contributed by atoms with Gasteiger partial charge in [-0.25, -0.2) is 9.07 Å². The number of amides is 1. The number of aromatic nitrogens is 4. The molecule has 1 aromatic heterocycles. The first kappa shape index (κ1) is 19.8. The normalized spacial score (nSPS) is 14.1. The highest BCUT2D eigenvalue weighted by Crippen LogP contribution is 2.21. The molecule has 0 bridgehead atoms. The molecule has 1 aliphatic heterocycles. The van der Waals surface area contributed by atoms with Gasteiger partial charge in [-0.3, -0.25) is 4.79 Å². The number of halogens is 1. The van der Waals surface area contributed by atoms with Gasteiger partial charge >= 0.3 is 0 Å². The Balaban J connectivity index is 1.32. The fraction of sp³-hybridized carbons (Fsp3) is 0.333. The maximum Gasteiger partial charge on any atom is 0.253 e. The van der Waals surface area contributed by atoms with Crippen LogP contribution in [0.1, 0.15) is 23.1 Å². The average Bonchev–Trinajstić information content (AvgIpc) is 3.26. The van der Waals surface area contributed by atoms with Gasteiger partial charge < -0.3 is 14.5 Å². The van der Waals surface area contributed by atoms with Crippen LogP contribution < -0.4 is 9.64 Å². The number of anilines is 1. The number of carbonyl (C=O) groups is 1. The molecule has 1 saturated heterocycles. The van der Waals surface area contributed by atoms with Gasteiger partial charge in [0.2, 0.25) is 0 Å². The van der Waals surface area contributed by atoms with E-state index in [2.05, 4.69) is 15.5 Å². The van der Waals surface area contributed by atoms with E-state index >= 15 is 0 Å². The van der Waals surface area contributed by atoms with Crippen LogP contribution in [0.15, 0.2) is 48.5 Å². The predicted molar refractivity (Wildman–Crippen MR) is 109 cm³/mol. The Hall–Kier alpha value is -3.49. The Labute approximate surface area is 173 Å². The Bertz CT molecular complexity index is 999. The number of ether oxygens (including phenoxy) is 1. The summed E-state index contributed by atoms with van der Waals surface area (Å²) in [5.74, 6) is 1.01. The molecule has 1 aliphatic rings. The number of piperazine rings is 1. The van der Waals surface area contributed by atoms with E-state index in [0.29, 0.717) is 55.5 Å². The monoisotopic (exact) mass is 410 g/mol. The number of nitrogens with zero attached hydrogens (tertiary/aromatic N) is 6. The minimum atomic E-state index is -0.235. The molecule has 0 aliphatic carbocycles. The van der Waals surface area contributed by atoms with Gasteiger partial charge in [-0.1, -0.05) is 12.1 Å². The first-order valence-corrected chi connectivity index (χ1v) is 9.92. The zero-order valence-corrected chi connectivity index (χ0v) is 16.7. The minimum absolute atomic E-state index is 0.0374. The van der Waals surface area contributed by atoms with E-state index in [1.54, 1.807) is 46.0 Å². The second kappa shape index (κ2) is 8.89. The van der Waals surface area contributed by atoms with Crippen LogP contribution in [-0.2, 0) is 13.2 Å². The lowest BCUT2D eigenvalue weighted by Gasteiger charge is -2.36. The number of benzene rings is 2. The second-order valence-corrected chi connectivity index (χ2v) is 6.95. The fourth-order valence-electron chi connectivity index (χ4n) is 3.46. The van der Waals surface area contributed by atoms with Crippen molar-refractivity contribution in [3.05, 3.63) is 65.7 Å². The van der Waals surface area contributed by atoms with Crippen LogP contribution in [0, 0.1) is 5.82 Å². The summed E-state index contributed by atoms with van der Waals surface area (Å²) in [6.45, 7) is 5.17. The molecule has 0 atom stereocenters. The van der Waals surface area contributed by atoms with Crippen molar-refractivity contribution in [1.29, 1.82) is 0 Å². The Morgan fingerprint density at radius 3 is 2.50 bits per heavy atom. The molecule has 3 aromatic rings. The van der Waals surface area contributed by atoms with Gasteiger partial charge in [-0.2, -0.15) is 0 Å². The van der Waals surface area contributed by atoms with Gasteiger partial charge in [0.1, 0.15) is 18.2 Å². The highest BCUT2D eigenvalue weighted by atomic mass is 19.1. The van der Waals surface area contributed by atoms with E-state index in [-0.39, 0.29) is 18.3 Å². The Kier molecular flexibility index (Phi) is 5.87. The standard InChI is InChI=1S/C21H23FN6O2/c1-2-28-20(23-24-25-28)15-30-17-9-7-16(8-10-17)21(29)27-13-11-26(12-14-27)19-6-4-3-5-18(19)22/h3-10H,2,11-15H2,1H3. The van der Waals surface area contributed by atoms with Gasteiger partial charge in [-0.15, -0.1) is 5.10 Å². The quantitative estimate of drug-likeness (QED) is 0.621. The van der Waals surface area contributed by atoms with Gasteiger partial charge in [0.05, 0.1) is 5.69 Å². The van der Waals surface area contributed by atoms with E-state index in [1.807, 2.05) is 17.9 Å². The van der Waals surface area contributed by atoms with E-state index in [0.717, 1.165) is 0 Å². The fourth-order valence-corrected chi connectivity index (χ4v) is 3.46. The molecule has 2 heterocycles.